The number of hydrazine groups is 1. The van der Waals surface area contributed by atoms with E-state index < -0.39 is 11.8 Å². The fourth-order valence-corrected chi connectivity index (χ4v) is 2.61. The molecule has 1 heterocycles. The van der Waals surface area contributed by atoms with Crippen molar-refractivity contribution in [3.8, 4) is 5.75 Å². The number of rotatable bonds is 5. The van der Waals surface area contributed by atoms with Crippen molar-refractivity contribution in [1.82, 2.24) is 10.9 Å². The van der Waals surface area contributed by atoms with E-state index in [4.69, 9.17) is 9.15 Å². The third-order valence-electron chi connectivity index (χ3n) is 3.09. The molecule has 0 unspecified atom stereocenters. The summed E-state index contributed by atoms with van der Waals surface area (Å²) in [6, 6.07) is 8.76. The van der Waals surface area contributed by atoms with Crippen LogP contribution in [0.25, 0.3) is 0 Å². The van der Waals surface area contributed by atoms with Gasteiger partial charge in [0.1, 0.15) is 5.75 Å². The summed E-state index contributed by atoms with van der Waals surface area (Å²) >= 11 is 6.51. The van der Waals surface area contributed by atoms with Crippen LogP contribution >= 0.6 is 31.9 Å². The van der Waals surface area contributed by atoms with Gasteiger partial charge in [-0.25, -0.2) is 0 Å². The van der Waals surface area contributed by atoms with Gasteiger partial charge in [0.25, 0.3) is 5.91 Å². The molecule has 128 valence electrons. The summed E-state index contributed by atoms with van der Waals surface area (Å²) in [7, 11) is 0. The Balaban J connectivity index is 1.82. The molecule has 0 spiro atoms. The molecule has 0 bridgehead atoms. The van der Waals surface area contributed by atoms with Gasteiger partial charge in [-0.1, -0.05) is 19.9 Å². The first-order chi connectivity index (χ1) is 11.4. The van der Waals surface area contributed by atoms with E-state index in [-0.39, 0.29) is 12.4 Å². The van der Waals surface area contributed by atoms with Gasteiger partial charge in [0, 0.05) is 0 Å². The molecule has 0 fully saturated rings. The van der Waals surface area contributed by atoms with E-state index in [1.807, 2.05) is 12.1 Å². The molecule has 2 aromatic rings. The molecule has 2 rings (SSSR count). The predicted molar refractivity (Wildman–Crippen MR) is 95.7 cm³/mol. The lowest BCUT2D eigenvalue weighted by atomic mass is 10.0. The molecular weight excluding hydrogens is 444 g/mol. The maximum atomic E-state index is 11.7. The van der Waals surface area contributed by atoms with E-state index in [0.29, 0.717) is 16.3 Å². The van der Waals surface area contributed by atoms with Gasteiger partial charge in [0.05, 0.1) is 4.47 Å². The van der Waals surface area contributed by atoms with Crippen LogP contribution in [-0.2, 0) is 4.79 Å². The number of hydrogen-bond donors (Lipinski definition) is 2. The second kappa shape index (κ2) is 8.34. The highest BCUT2D eigenvalue weighted by molar-refractivity contribution is 9.10. The molecule has 1 aromatic carbocycles. The van der Waals surface area contributed by atoms with E-state index in [2.05, 4.69) is 56.6 Å². The van der Waals surface area contributed by atoms with Crippen LogP contribution in [0.4, 0.5) is 0 Å². The molecule has 0 aliphatic carbocycles. The Morgan fingerprint density at radius 3 is 2.50 bits per heavy atom. The lowest BCUT2D eigenvalue weighted by molar-refractivity contribution is -0.123. The number of carbonyl (C=O) groups excluding carboxylic acids is 2. The van der Waals surface area contributed by atoms with Gasteiger partial charge in [-0.3, -0.25) is 20.4 Å². The fraction of sp³-hybridized carbons (Fsp3) is 0.250. The van der Waals surface area contributed by atoms with E-state index in [1.165, 1.54) is 6.07 Å². The van der Waals surface area contributed by atoms with Crippen LogP contribution in [0.2, 0.25) is 0 Å². The van der Waals surface area contributed by atoms with Crippen LogP contribution in [-0.4, -0.2) is 18.4 Å². The number of benzene rings is 1. The summed E-state index contributed by atoms with van der Waals surface area (Å²) in [5.74, 6) is -0.0215. The van der Waals surface area contributed by atoms with Crippen molar-refractivity contribution in [1.29, 1.82) is 0 Å². The summed E-state index contributed by atoms with van der Waals surface area (Å²) in [5.41, 5.74) is 5.66. The van der Waals surface area contributed by atoms with Gasteiger partial charge in [-0.15, -0.1) is 0 Å². The van der Waals surface area contributed by atoms with Crippen LogP contribution < -0.4 is 15.6 Å². The normalized spacial score (nSPS) is 10.5. The summed E-state index contributed by atoms with van der Waals surface area (Å²) < 4.78 is 11.7. The molecule has 0 saturated carbocycles. The highest BCUT2D eigenvalue weighted by atomic mass is 79.9. The fourth-order valence-electron chi connectivity index (χ4n) is 1.80. The number of halogens is 2. The minimum Gasteiger partial charge on any atom is -0.483 e. The second-order valence-electron chi connectivity index (χ2n) is 5.24. The number of nitrogens with one attached hydrogen (secondary N) is 2. The first-order valence-corrected chi connectivity index (χ1v) is 8.72. The molecule has 2 amide bonds. The molecule has 0 aliphatic rings. The van der Waals surface area contributed by atoms with Crippen molar-refractivity contribution in [2.24, 2.45) is 0 Å². The molecule has 6 nitrogen and oxygen atoms in total. The zero-order valence-corrected chi connectivity index (χ0v) is 16.2. The molecule has 0 radical (unpaired) electrons. The Morgan fingerprint density at radius 2 is 1.92 bits per heavy atom. The first-order valence-electron chi connectivity index (χ1n) is 7.13. The Morgan fingerprint density at radius 1 is 1.17 bits per heavy atom. The van der Waals surface area contributed by atoms with E-state index in [9.17, 15) is 9.59 Å². The minimum absolute atomic E-state index is 0.0788. The van der Waals surface area contributed by atoms with Gasteiger partial charge in [0.15, 0.2) is 17.0 Å². The van der Waals surface area contributed by atoms with Gasteiger partial charge in [0.2, 0.25) is 0 Å². The molecule has 0 atom stereocenters. The van der Waals surface area contributed by atoms with Gasteiger partial charge >= 0.3 is 5.91 Å². The number of furan rings is 1. The van der Waals surface area contributed by atoms with Crippen molar-refractivity contribution in [3.63, 3.8) is 0 Å². The Bertz CT molecular complexity index is 743. The summed E-state index contributed by atoms with van der Waals surface area (Å²) in [6.45, 7) is 3.95. The van der Waals surface area contributed by atoms with Crippen molar-refractivity contribution < 1.29 is 18.7 Å². The molecule has 8 heteroatoms. The van der Waals surface area contributed by atoms with E-state index in [1.54, 1.807) is 12.1 Å². The third kappa shape index (κ3) is 5.10. The Kier molecular flexibility index (Phi) is 6.44. The van der Waals surface area contributed by atoms with E-state index >= 15 is 0 Å². The lowest BCUT2D eigenvalue weighted by Crippen LogP contribution is -2.43. The number of amides is 2. The minimum atomic E-state index is -0.559. The van der Waals surface area contributed by atoms with Crippen LogP contribution in [0.1, 0.15) is 35.9 Å². The maximum Gasteiger partial charge on any atom is 0.305 e. The molecule has 1 aromatic heterocycles. The number of hydrogen-bond acceptors (Lipinski definition) is 4. The standard InChI is InChI=1S/C16H16Br2N2O4/c1-9(2)10-3-4-12(11(17)7-10)23-8-15(21)19-20-16(22)13-5-6-14(18)24-13/h3-7,9H,8H2,1-2H3,(H,19,21)(H,20,22). The van der Waals surface area contributed by atoms with Gasteiger partial charge in [-0.05, 0) is 67.6 Å². The molecule has 24 heavy (non-hydrogen) atoms. The molecule has 0 saturated heterocycles. The SMILES string of the molecule is CC(C)c1ccc(OCC(=O)NNC(=O)c2ccc(Br)o2)c(Br)c1. The monoisotopic (exact) mass is 458 g/mol. The number of carbonyl (C=O) groups is 2. The third-order valence-corrected chi connectivity index (χ3v) is 4.14. The first kappa shape index (κ1) is 18.5. The summed E-state index contributed by atoms with van der Waals surface area (Å²) in [4.78, 5) is 23.4. The zero-order valence-electron chi connectivity index (χ0n) is 13.1. The van der Waals surface area contributed by atoms with Gasteiger partial charge in [-0.2, -0.15) is 0 Å². The smallest absolute Gasteiger partial charge is 0.305 e. The molecule has 2 N–H and O–H groups in total. The lowest BCUT2D eigenvalue weighted by Gasteiger charge is -2.11. The van der Waals surface area contributed by atoms with Crippen molar-refractivity contribution in [2.45, 2.75) is 19.8 Å². The highest BCUT2D eigenvalue weighted by Gasteiger charge is 2.12. The zero-order chi connectivity index (χ0) is 17.7. The van der Waals surface area contributed by atoms with Gasteiger partial charge < -0.3 is 9.15 Å². The largest absolute Gasteiger partial charge is 0.483 e. The molecular formula is C16H16Br2N2O4. The molecule has 0 aliphatic heterocycles. The quantitative estimate of drug-likeness (QED) is 0.667. The predicted octanol–water partition coefficient (Wildman–Crippen LogP) is 3.77. The Labute approximate surface area is 156 Å². The van der Waals surface area contributed by atoms with Crippen molar-refractivity contribution >= 4 is 43.7 Å². The summed E-state index contributed by atoms with van der Waals surface area (Å²) in [6.07, 6.45) is 0. The van der Waals surface area contributed by atoms with Crippen molar-refractivity contribution in [3.05, 3.63) is 50.8 Å². The van der Waals surface area contributed by atoms with Crippen LogP contribution in [0.5, 0.6) is 5.75 Å². The van der Waals surface area contributed by atoms with Crippen LogP contribution in [0, 0.1) is 0 Å². The average molecular weight is 460 g/mol. The Hall–Kier alpha value is -1.80. The second-order valence-corrected chi connectivity index (χ2v) is 6.88. The summed E-state index contributed by atoms with van der Waals surface area (Å²) in [5, 5.41) is 0. The van der Waals surface area contributed by atoms with Crippen molar-refractivity contribution in [2.75, 3.05) is 6.61 Å². The van der Waals surface area contributed by atoms with E-state index in [0.717, 1.165) is 10.0 Å². The topological polar surface area (TPSA) is 80.6 Å². The highest BCUT2D eigenvalue weighted by Crippen LogP contribution is 2.28. The maximum absolute atomic E-state index is 11.7. The average Bonchev–Trinajstić information content (AvgIpc) is 2.97. The van der Waals surface area contributed by atoms with Crippen LogP contribution in [0.3, 0.4) is 0 Å². The van der Waals surface area contributed by atoms with Crippen LogP contribution in [0.15, 0.2) is 43.9 Å². The number of ether oxygens (including phenoxy) is 1.